The summed E-state index contributed by atoms with van der Waals surface area (Å²) in [5.41, 5.74) is 0.787. The third kappa shape index (κ3) is 2.01. The van der Waals surface area contributed by atoms with Crippen molar-refractivity contribution in [2.45, 2.75) is 26.7 Å². The van der Waals surface area contributed by atoms with Gasteiger partial charge in [0.1, 0.15) is 5.58 Å². The summed E-state index contributed by atoms with van der Waals surface area (Å²) in [6.07, 6.45) is 1.93. The quantitative estimate of drug-likeness (QED) is 0.722. The van der Waals surface area contributed by atoms with Gasteiger partial charge in [0.2, 0.25) is 5.78 Å². The van der Waals surface area contributed by atoms with Gasteiger partial charge >= 0.3 is 0 Å². The standard InChI is InChI=1S/C14H16O2/c1-3-6-10(2)14(15)13-9-11-7-4-5-8-12(11)16-13/h4-5,7-10H,3,6H2,1-2H3. The average molecular weight is 216 g/mol. The lowest BCUT2D eigenvalue weighted by atomic mass is 9.99. The van der Waals surface area contributed by atoms with Gasteiger partial charge in [0, 0.05) is 11.3 Å². The SMILES string of the molecule is CCCC(C)C(=O)c1cc2ccccc2o1. The molecule has 0 aliphatic carbocycles. The van der Waals surface area contributed by atoms with E-state index in [4.69, 9.17) is 4.42 Å². The molecular weight excluding hydrogens is 200 g/mol. The highest BCUT2D eigenvalue weighted by Gasteiger charge is 2.18. The Bertz CT molecular complexity index is 463. The van der Waals surface area contributed by atoms with Crippen LogP contribution in [0.5, 0.6) is 0 Å². The maximum Gasteiger partial charge on any atom is 0.200 e. The van der Waals surface area contributed by atoms with Crippen LogP contribution in [0, 0.1) is 5.92 Å². The Morgan fingerprint density at radius 3 is 2.81 bits per heavy atom. The highest BCUT2D eigenvalue weighted by atomic mass is 16.3. The lowest BCUT2D eigenvalue weighted by molar-refractivity contribution is 0.0897. The van der Waals surface area contributed by atoms with Gasteiger partial charge in [0.25, 0.3) is 0 Å². The molecule has 16 heavy (non-hydrogen) atoms. The van der Waals surface area contributed by atoms with Gasteiger partial charge in [-0.15, -0.1) is 0 Å². The van der Waals surface area contributed by atoms with Crippen molar-refractivity contribution < 1.29 is 9.21 Å². The predicted molar refractivity (Wildman–Crippen MR) is 64.6 cm³/mol. The molecule has 2 rings (SSSR count). The molecule has 1 atom stereocenters. The summed E-state index contributed by atoms with van der Waals surface area (Å²) in [5.74, 6) is 0.644. The van der Waals surface area contributed by atoms with Crippen LogP contribution in [0.3, 0.4) is 0 Å². The van der Waals surface area contributed by atoms with Gasteiger partial charge in [0.15, 0.2) is 5.76 Å². The van der Waals surface area contributed by atoms with Gasteiger partial charge in [0.05, 0.1) is 0 Å². The molecule has 0 N–H and O–H groups in total. The fourth-order valence-electron chi connectivity index (χ4n) is 1.91. The number of hydrogen-bond donors (Lipinski definition) is 0. The van der Waals surface area contributed by atoms with Crippen LogP contribution in [0.25, 0.3) is 11.0 Å². The second kappa shape index (κ2) is 4.52. The Morgan fingerprint density at radius 2 is 2.12 bits per heavy atom. The minimum atomic E-state index is 0.0468. The fraction of sp³-hybridized carbons (Fsp3) is 0.357. The second-order valence-electron chi connectivity index (χ2n) is 4.20. The molecule has 1 heterocycles. The molecule has 2 nitrogen and oxygen atoms in total. The predicted octanol–water partition coefficient (Wildman–Crippen LogP) is 4.05. The highest BCUT2D eigenvalue weighted by Crippen LogP contribution is 2.22. The van der Waals surface area contributed by atoms with Crippen molar-refractivity contribution in [2.24, 2.45) is 5.92 Å². The summed E-state index contributed by atoms with van der Waals surface area (Å²) in [6, 6.07) is 9.54. The van der Waals surface area contributed by atoms with Crippen molar-refractivity contribution in [2.75, 3.05) is 0 Å². The minimum Gasteiger partial charge on any atom is -0.453 e. The number of carbonyl (C=O) groups is 1. The number of Topliss-reactive ketones (excluding diaryl/α,β-unsaturated/α-hetero) is 1. The van der Waals surface area contributed by atoms with Crippen molar-refractivity contribution in [3.05, 3.63) is 36.1 Å². The Labute approximate surface area is 95.3 Å². The Kier molecular flexibility index (Phi) is 3.09. The van der Waals surface area contributed by atoms with E-state index < -0.39 is 0 Å². The monoisotopic (exact) mass is 216 g/mol. The number of fused-ring (bicyclic) bond motifs is 1. The molecule has 0 aliphatic rings. The first-order chi connectivity index (χ1) is 7.72. The molecule has 2 heteroatoms. The van der Waals surface area contributed by atoms with Gasteiger partial charge in [-0.3, -0.25) is 4.79 Å². The molecule has 84 valence electrons. The van der Waals surface area contributed by atoms with Crippen LogP contribution in [-0.2, 0) is 0 Å². The molecule has 1 aromatic heterocycles. The van der Waals surface area contributed by atoms with Crippen molar-refractivity contribution in [1.29, 1.82) is 0 Å². The zero-order chi connectivity index (χ0) is 11.5. The third-order valence-corrected chi connectivity index (χ3v) is 2.84. The summed E-state index contributed by atoms with van der Waals surface area (Å²) in [6.45, 7) is 4.04. The van der Waals surface area contributed by atoms with Crippen LogP contribution >= 0.6 is 0 Å². The normalized spacial score (nSPS) is 12.9. The first-order valence-corrected chi connectivity index (χ1v) is 5.75. The van der Waals surface area contributed by atoms with Gasteiger partial charge in [-0.05, 0) is 18.6 Å². The lowest BCUT2D eigenvalue weighted by Crippen LogP contribution is -2.09. The molecule has 0 amide bonds. The van der Waals surface area contributed by atoms with Gasteiger partial charge in [-0.1, -0.05) is 38.5 Å². The zero-order valence-corrected chi connectivity index (χ0v) is 9.69. The highest BCUT2D eigenvalue weighted by molar-refractivity contribution is 5.98. The van der Waals surface area contributed by atoms with E-state index in [2.05, 4.69) is 6.92 Å². The zero-order valence-electron chi connectivity index (χ0n) is 9.69. The number of furan rings is 1. The molecule has 0 aliphatic heterocycles. The summed E-state index contributed by atoms with van der Waals surface area (Å²) in [5, 5.41) is 0.995. The van der Waals surface area contributed by atoms with Crippen LogP contribution in [0.4, 0.5) is 0 Å². The van der Waals surface area contributed by atoms with E-state index in [1.807, 2.05) is 37.3 Å². The van der Waals surface area contributed by atoms with Gasteiger partial charge < -0.3 is 4.42 Å². The molecule has 0 saturated carbocycles. The number of ketones is 1. The first-order valence-electron chi connectivity index (χ1n) is 5.75. The molecule has 0 radical (unpaired) electrons. The first kappa shape index (κ1) is 10.9. The van der Waals surface area contributed by atoms with Crippen molar-refractivity contribution >= 4 is 16.8 Å². The van der Waals surface area contributed by atoms with Crippen LogP contribution in [0.2, 0.25) is 0 Å². The lowest BCUT2D eigenvalue weighted by Gasteiger charge is -2.05. The summed E-state index contributed by atoms with van der Waals surface area (Å²) >= 11 is 0. The second-order valence-corrected chi connectivity index (χ2v) is 4.20. The molecule has 1 aromatic carbocycles. The number of rotatable bonds is 4. The largest absolute Gasteiger partial charge is 0.453 e. The summed E-state index contributed by atoms with van der Waals surface area (Å²) < 4.78 is 5.55. The minimum absolute atomic E-state index is 0.0468. The molecule has 0 fully saturated rings. The van der Waals surface area contributed by atoms with Crippen LogP contribution in [0.1, 0.15) is 37.2 Å². The van der Waals surface area contributed by atoms with Crippen LogP contribution in [0.15, 0.2) is 34.7 Å². The van der Waals surface area contributed by atoms with Gasteiger partial charge in [-0.25, -0.2) is 0 Å². The summed E-state index contributed by atoms with van der Waals surface area (Å²) in [4.78, 5) is 12.0. The van der Waals surface area contributed by atoms with E-state index in [1.165, 1.54) is 0 Å². The van der Waals surface area contributed by atoms with E-state index in [1.54, 1.807) is 0 Å². The molecule has 2 aromatic rings. The Hall–Kier alpha value is -1.57. The summed E-state index contributed by atoms with van der Waals surface area (Å²) in [7, 11) is 0. The van der Waals surface area contributed by atoms with E-state index in [9.17, 15) is 4.79 Å². The Balaban J connectivity index is 2.29. The maximum absolute atomic E-state index is 12.0. The van der Waals surface area contributed by atoms with Crippen LogP contribution < -0.4 is 0 Å². The number of para-hydroxylation sites is 1. The van der Waals surface area contributed by atoms with Crippen molar-refractivity contribution in [3.63, 3.8) is 0 Å². The van der Waals surface area contributed by atoms with E-state index in [0.29, 0.717) is 5.76 Å². The topological polar surface area (TPSA) is 30.2 Å². The van der Waals surface area contributed by atoms with Gasteiger partial charge in [-0.2, -0.15) is 0 Å². The molecular formula is C14H16O2. The number of carbonyl (C=O) groups excluding carboxylic acids is 1. The van der Waals surface area contributed by atoms with Crippen LogP contribution in [-0.4, -0.2) is 5.78 Å². The average Bonchev–Trinajstić information content (AvgIpc) is 2.71. The van der Waals surface area contributed by atoms with E-state index in [0.717, 1.165) is 23.8 Å². The van der Waals surface area contributed by atoms with Crippen molar-refractivity contribution in [1.82, 2.24) is 0 Å². The Morgan fingerprint density at radius 1 is 1.38 bits per heavy atom. The smallest absolute Gasteiger partial charge is 0.200 e. The molecule has 0 saturated heterocycles. The third-order valence-electron chi connectivity index (χ3n) is 2.84. The number of hydrogen-bond acceptors (Lipinski definition) is 2. The molecule has 0 spiro atoms. The fourth-order valence-corrected chi connectivity index (χ4v) is 1.91. The molecule has 1 unspecified atom stereocenters. The number of benzene rings is 1. The maximum atomic E-state index is 12.0. The molecule has 0 bridgehead atoms. The van der Waals surface area contributed by atoms with E-state index in [-0.39, 0.29) is 11.7 Å². The van der Waals surface area contributed by atoms with Crippen molar-refractivity contribution in [3.8, 4) is 0 Å². The van der Waals surface area contributed by atoms with E-state index >= 15 is 0 Å².